The van der Waals surface area contributed by atoms with Gasteiger partial charge in [-0.2, -0.15) is 0 Å². The van der Waals surface area contributed by atoms with Gasteiger partial charge in [0.2, 0.25) is 0 Å². The Morgan fingerprint density at radius 2 is 2.00 bits per heavy atom. The topological polar surface area (TPSA) is 43.8 Å². The van der Waals surface area contributed by atoms with Crippen molar-refractivity contribution in [2.75, 3.05) is 5.73 Å². The first kappa shape index (κ1) is 14.1. The Bertz CT molecular complexity index is 824. The number of benzene rings is 2. The SMILES string of the molecule is CC(C)n1c(-c2cccc(Br)c2N)nc2ccc(F)cc21. The quantitative estimate of drug-likeness (QED) is 0.678. The summed E-state index contributed by atoms with van der Waals surface area (Å²) >= 11 is 3.44. The molecule has 3 rings (SSSR count). The molecular weight excluding hydrogens is 333 g/mol. The molecule has 0 spiro atoms. The van der Waals surface area contributed by atoms with E-state index < -0.39 is 0 Å². The number of fused-ring (bicyclic) bond motifs is 1. The molecule has 3 aromatic rings. The van der Waals surface area contributed by atoms with Crippen LogP contribution in [0.15, 0.2) is 40.9 Å². The van der Waals surface area contributed by atoms with Crippen molar-refractivity contribution in [3.63, 3.8) is 0 Å². The van der Waals surface area contributed by atoms with E-state index in [0.717, 1.165) is 26.9 Å². The fourth-order valence-corrected chi connectivity index (χ4v) is 2.88. The normalized spacial score (nSPS) is 11.5. The predicted molar refractivity (Wildman–Crippen MR) is 87.6 cm³/mol. The molecule has 2 aromatic carbocycles. The third-order valence-corrected chi connectivity index (χ3v) is 4.15. The highest BCUT2D eigenvalue weighted by atomic mass is 79.9. The van der Waals surface area contributed by atoms with E-state index in [4.69, 9.17) is 5.73 Å². The molecule has 1 aromatic heterocycles. The molecule has 0 atom stereocenters. The second kappa shape index (κ2) is 5.15. The number of hydrogen-bond acceptors (Lipinski definition) is 2. The highest BCUT2D eigenvalue weighted by Crippen LogP contribution is 2.35. The van der Waals surface area contributed by atoms with Crippen LogP contribution < -0.4 is 5.73 Å². The molecule has 0 aliphatic rings. The summed E-state index contributed by atoms with van der Waals surface area (Å²) in [5.41, 5.74) is 9.18. The lowest BCUT2D eigenvalue weighted by Gasteiger charge is -2.14. The fraction of sp³-hybridized carbons (Fsp3) is 0.188. The molecule has 0 saturated heterocycles. The molecule has 3 nitrogen and oxygen atoms in total. The summed E-state index contributed by atoms with van der Waals surface area (Å²) in [6, 6.07) is 10.5. The minimum atomic E-state index is -0.266. The van der Waals surface area contributed by atoms with Crippen LogP contribution in [-0.2, 0) is 0 Å². The van der Waals surface area contributed by atoms with Crippen molar-refractivity contribution >= 4 is 32.7 Å². The van der Waals surface area contributed by atoms with E-state index in [1.54, 1.807) is 6.07 Å². The molecular formula is C16H15BrFN3. The largest absolute Gasteiger partial charge is 0.397 e. The van der Waals surface area contributed by atoms with Crippen LogP contribution in [0.1, 0.15) is 19.9 Å². The Balaban J connectivity index is 2.37. The van der Waals surface area contributed by atoms with Gasteiger partial charge >= 0.3 is 0 Å². The van der Waals surface area contributed by atoms with Crippen molar-refractivity contribution in [1.82, 2.24) is 9.55 Å². The third-order valence-electron chi connectivity index (χ3n) is 3.46. The lowest BCUT2D eigenvalue weighted by molar-refractivity contribution is 0.613. The predicted octanol–water partition coefficient (Wildman–Crippen LogP) is 4.77. The van der Waals surface area contributed by atoms with Crippen LogP contribution in [0, 0.1) is 5.82 Å². The summed E-state index contributed by atoms with van der Waals surface area (Å²) in [6.07, 6.45) is 0. The second-order valence-electron chi connectivity index (χ2n) is 5.23. The summed E-state index contributed by atoms with van der Waals surface area (Å²) in [5, 5.41) is 0. The highest BCUT2D eigenvalue weighted by Gasteiger charge is 2.18. The average Bonchev–Trinajstić information content (AvgIpc) is 2.80. The second-order valence-corrected chi connectivity index (χ2v) is 6.09. The van der Waals surface area contributed by atoms with Gasteiger partial charge in [-0.25, -0.2) is 9.37 Å². The summed E-state index contributed by atoms with van der Waals surface area (Å²) in [4.78, 5) is 4.64. The molecule has 0 amide bonds. The van der Waals surface area contributed by atoms with E-state index in [1.165, 1.54) is 12.1 Å². The van der Waals surface area contributed by atoms with Crippen molar-refractivity contribution in [1.29, 1.82) is 0 Å². The Kier molecular flexibility index (Phi) is 3.45. The van der Waals surface area contributed by atoms with Crippen LogP contribution in [0.5, 0.6) is 0 Å². The zero-order valence-electron chi connectivity index (χ0n) is 11.8. The maximum atomic E-state index is 13.6. The van der Waals surface area contributed by atoms with Gasteiger partial charge in [0.05, 0.1) is 16.7 Å². The van der Waals surface area contributed by atoms with Crippen molar-refractivity contribution in [3.05, 3.63) is 46.7 Å². The van der Waals surface area contributed by atoms with Gasteiger partial charge in [0.15, 0.2) is 0 Å². The van der Waals surface area contributed by atoms with Gasteiger partial charge in [0.1, 0.15) is 11.6 Å². The Morgan fingerprint density at radius 3 is 2.71 bits per heavy atom. The molecule has 0 aliphatic heterocycles. The first-order chi connectivity index (χ1) is 9.99. The lowest BCUT2D eigenvalue weighted by atomic mass is 10.1. The van der Waals surface area contributed by atoms with Crippen molar-refractivity contribution in [2.24, 2.45) is 0 Å². The van der Waals surface area contributed by atoms with Crippen LogP contribution in [0.2, 0.25) is 0 Å². The number of anilines is 1. The van der Waals surface area contributed by atoms with E-state index >= 15 is 0 Å². The summed E-state index contributed by atoms with van der Waals surface area (Å²) < 4.78 is 16.4. The standard InChI is InChI=1S/C16H15BrFN3/c1-9(2)21-14-8-10(18)6-7-13(14)20-16(21)11-4-3-5-12(17)15(11)19/h3-9H,19H2,1-2H3. The number of aromatic nitrogens is 2. The molecule has 0 bridgehead atoms. The zero-order chi connectivity index (χ0) is 15.1. The van der Waals surface area contributed by atoms with Crippen molar-refractivity contribution in [2.45, 2.75) is 19.9 Å². The van der Waals surface area contributed by atoms with E-state index in [2.05, 4.69) is 20.9 Å². The molecule has 21 heavy (non-hydrogen) atoms. The van der Waals surface area contributed by atoms with Gasteiger partial charge in [-0.15, -0.1) is 0 Å². The molecule has 0 radical (unpaired) electrons. The van der Waals surface area contributed by atoms with E-state index in [9.17, 15) is 4.39 Å². The van der Waals surface area contributed by atoms with E-state index in [-0.39, 0.29) is 11.9 Å². The van der Waals surface area contributed by atoms with Crippen molar-refractivity contribution in [3.8, 4) is 11.4 Å². The maximum absolute atomic E-state index is 13.6. The van der Waals surface area contributed by atoms with Crippen molar-refractivity contribution < 1.29 is 4.39 Å². The molecule has 0 unspecified atom stereocenters. The number of hydrogen-bond donors (Lipinski definition) is 1. The molecule has 2 N–H and O–H groups in total. The van der Waals surface area contributed by atoms with Crippen LogP contribution in [0.4, 0.5) is 10.1 Å². The third kappa shape index (κ3) is 2.31. The number of nitrogens with zero attached hydrogens (tertiary/aromatic N) is 2. The van der Waals surface area contributed by atoms with E-state index in [1.807, 2.05) is 36.6 Å². The number of para-hydroxylation sites is 1. The molecule has 108 valence electrons. The number of nitrogen functional groups attached to an aromatic ring is 1. The van der Waals surface area contributed by atoms with Gasteiger partial charge in [-0.05, 0) is 60.1 Å². The number of halogens is 2. The van der Waals surface area contributed by atoms with Gasteiger partial charge < -0.3 is 10.3 Å². The number of nitrogens with two attached hydrogens (primary N) is 1. The smallest absolute Gasteiger partial charge is 0.143 e. The molecule has 5 heteroatoms. The highest BCUT2D eigenvalue weighted by molar-refractivity contribution is 9.10. The Morgan fingerprint density at radius 1 is 1.24 bits per heavy atom. The Hall–Kier alpha value is -1.88. The van der Waals surface area contributed by atoms with Gasteiger partial charge in [-0.1, -0.05) is 6.07 Å². The van der Waals surface area contributed by atoms with Gasteiger partial charge in [0, 0.05) is 16.1 Å². The first-order valence-corrected chi connectivity index (χ1v) is 7.50. The lowest BCUT2D eigenvalue weighted by Crippen LogP contribution is -2.04. The van der Waals surface area contributed by atoms with Crippen LogP contribution in [0.3, 0.4) is 0 Å². The maximum Gasteiger partial charge on any atom is 0.143 e. The monoisotopic (exact) mass is 347 g/mol. The van der Waals surface area contributed by atoms with Crippen LogP contribution >= 0.6 is 15.9 Å². The minimum absolute atomic E-state index is 0.144. The molecule has 0 saturated carbocycles. The summed E-state index contributed by atoms with van der Waals surface area (Å²) in [7, 11) is 0. The average molecular weight is 348 g/mol. The Labute approximate surface area is 130 Å². The summed E-state index contributed by atoms with van der Waals surface area (Å²) in [5.74, 6) is 0.488. The number of rotatable bonds is 2. The van der Waals surface area contributed by atoms with E-state index in [0.29, 0.717) is 5.69 Å². The minimum Gasteiger partial charge on any atom is -0.397 e. The van der Waals surface area contributed by atoms with Crippen LogP contribution in [-0.4, -0.2) is 9.55 Å². The summed E-state index contributed by atoms with van der Waals surface area (Å²) in [6.45, 7) is 4.09. The molecule has 0 fully saturated rings. The molecule has 0 aliphatic carbocycles. The fourth-order valence-electron chi connectivity index (χ4n) is 2.51. The van der Waals surface area contributed by atoms with Crippen LogP contribution in [0.25, 0.3) is 22.4 Å². The van der Waals surface area contributed by atoms with Gasteiger partial charge in [-0.3, -0.25) is 0 Å². The zero-order valence-corrected chi connectivity index (χ0v) is 13.4. The van der Waals surface area contributed by atoms with Gasteiger partial charge in [0.25, 0.3) is 0 Å². The molecule has 1 heterocycles. The first-order valence-electron chi connectivity index (χ1n) is 6.71. The number of imidazole rings is 1.